The molecule has 2 aromatic carbocycles. The Hall–Kier alpha value is -3.34. The van der Waals surface area contributed by atoms with Crippen LogP contribution in [0.4, 0.5) is 11.4 Å². The van der Waals surface area contributed by atoms with E-state index in [1.54, 1.807) is 19.4 Å². The highest BCUT2D eigenvalue weighted by atomic mass is 16.5. The fraction of sp³-hybridized carbons (Fsp3) is 0.143. The van der Waals surface area contributed by atoms with Gasteiger partial charge in [0.1, 0.15) is 11.4 Å². The van der Waals surface area contributed by atoms with E-state index in [4.69, 9.17) is 4.74 Å². The molecule has 5 heteroatoms. The minimum absolute atomic E-state index is 0.218. The maximum absolute atomic E-state index is 12.3. The SMILES string of the molecule is COc1ccccc1CNC(=O)c1ccc(N(C)c2ccccc2)cn1. The van der Waals surface area contributed by atoms with Crippen LogP contribution in [0.2, 0.25) is 0 Å². The first kappa shape index (κ1) is 17.5. The van der Waals surface area contributed by atoms with Gasteiger partial charge in [-0.25, -0.2) is 4.98 Å². The third-order valence-electron chi connectivity index (χ3n) is 4.14. The number of hydrogen-bond donors (Lipinski definition) is 1. The smallest absolute Gasteiger partial charge is 0.270 e. The third-order valence-corrected chi connectivity index (χ3v) is 4.14. The molecule has 0 fully saturated rings. The van der Waals surface area contributed by atoms with Crippen molar-refractivity contribution < 1.29 is 9.53 Å². The molecule has 0 atom stereocenters. The molecule has 0 spiro atoms. The second-order valence-electron chi connectivity index (χ2n) is 5.79. The predicted molar refractivity (Wildman–Crippen MR) is 103 cm³/mol. The van der Waals surface area contributed by atoms with Gasteiger partial charge in [-0.15, -0.1) is 0 Å². The van der Waals surface area contributed by atoms with Crippen molar-refractivity contribution in [3.8, 4) is 5.75 Å². The quantitative estimate of drug-likeness (QED) is 0.737. The normalized spacial score (nSPS) is 10.2. The predicted octanol–water partition coefficient (Wildman–Crippen LogP) is 3.79. The molecule has 1 amide bonds. The van der Waals surface area contributed by atoms with Gasteiger partial charge in [0, 0.05) is 24.8 Å². The van der Waals surface area contributed by atoms with Crippen LogP contribution in [0, 0.1) is 0 Å². The van der Waals surface area contributed by atoms with Gasteiger partial charge in [-0.2, -0.15) is 0 Å². The van der Waals surface area contributed by atoms with Crippen LogP contribution in [-0.4, -0.2) is 25.0 Å². The monoisotopic (exact) mass is 347 g/mol. The van der Waals surface area contributed by atoms with Crippen LogP contribution in [0.25, 0.3) is 0 Å². The van der Waals surface area contributed by atoms with Crippen molar-refractivity contribution >= 4 is 17.3 Å². The molecule has 1 heterocycles. The van der Waals surface area contributed by atoms with E-state index >= 15 is 0 Å². The Kier molecular flexibility index (Phi) is 5.49. The van der Waals surface area contributed by atoms with Gasteiger partial charge in [-0.05, 0) is 30.3 Å². The van der Waals surface area contributed by atoms with Crippen LogP contribution >= 0.6 is 0 Å². The van der Waals surface area contributed by atoms with E-state index in [2.05, 4.69) is 10.3 Å². The molecule has 0 aliphatic carbocycles. The molecule has 0 unspecified atom stereocenters. The molecule has 3 aromatic rings. The molecule has 0 aliphatic rings. The Bertz CT molecular complexity index is 864. The molecule has 0 radical (unpaired) electrons. The van der Waals surface area contributed by atoms with Crippen LogP contribution in [0.15, 0.2) is 72.9 Å². The average molecular weight is 347 g/mol. The van der Waals surface area contributed by atoms with Crippen LogP contribution < -0.4 is 15.0 Å². The Labute approximate surface area is 153 Å². The number of aromatic nitrogens is 1. The maximum Gasteiger partial charge on any atom is 0.270 e. The van der Waals surface area contributed by atoms with Gasteiger partial charge in [-0.1, -0.05) is 36.4 Å². The molecule has 1 aromatic heterocycles. The molecule has 26 heavy (non-hydrogen) atoms. The molecular formula is C21H21N3O2. The summed E-state index contributed by atoms with van der Waals surface area (Å²) in [6, 6.07) is 21.2. The molecule has 0 saturated carbocycles. The van der Waals surface area contributed by atoms with E-state index in [1.807, 2.05) is 72.6 Å². The lowest BCUT2D eigenvalue weighted by atomic mass is 10.2. The number of anilines is 2. The summed E-state index contributed by atoms with van der Waals surface area (Å²) in [4.78, 5) is 18.7. The first-order chi connectivity index (χ1) is 12.7. The summed E-state index contributed by atoms with van der Waals surface area (Å²) in [6.07, 6.45) is 1.70. The van der Waals surface area contributed by atoms with Gasteiger partial charge in [-0.3, -0.25) is 4.79 Å². The van der Waals surface area contributed by atoms with Crippen molar-refractivity contribution in [3.05, 3.63) is 84.2 Å². The first-order valence-electron chi connectivity index (χ1n) is 8.34. The van der Waals surface area contributed by atoms with Gasteiger partial charge in [0.25, 0.3) is 5.91 Å². The Morgan fingerprint density at radius 1 is 1.00 bits per heavy atom. The second-order valence-corrected chi connectivity index (χ2v) is 5.79. The van der Waals surface area contributed by atoms with Gasteiger partial charge < -0.3 is 15.0 Å². The van der Waals surface area contributed by atoms with Crippen molar-refractivity contribution in [1.29, 1.82) is 0 Å². The van der Waals surface area contributed by atoms with Crippen molar-refractivity contribution in [1.82, 2.24) is 10.3 Å². The van der Waals surface area contributed by atoms with Gasteiger partial charge in [0.2, 0.25) is 0 Å². The number of nitrogens with one attached hydrogen (secondary N) is 1. The zero-order chi connectivity index (χ0) is 18.4. The van der Waals surface area contributed by atoms with E-state index < -0.39 is 0 Å². The number of amides is 1. The number of rotatable bonds is 6. The zero-order valence-corrected chi connectivity index (χ0v) is 14.8. The highest BCUT2D eigenvalue weighted by molar-refractivity contribution is 5.92. The van der Waals surface area contributed by atoms with E-state index in [1.165, 1.54) is 0 Å². The number of carbonyl (C=O) groups is 1. The number of ether oxygens (including phenoxy) is 1. The van der Waals surface area contributed by atoms with E-state index in [0.29, 0.717) is 12.2 Å². The summed E-state index contributed by atoms with van der Waals surface area (Å²) in [7, 11) is 3.58. The first-order valence-corrected chi connectivity index (χ1v) is 8.34. The summed E-state index contributed by atoms with van der Waals surface area (Å²) in [5, 5.41) is 2.88. The number of pyridine rings is 1. The van der Waals surface area contributed by atoms with Crippen molar-refractivity contribution in [2.24, 2.45) is 0 Å². The molecule has 1 N–H and O–H groups in total. The number of para-hydroxylation sites is 2. The largest absolute Gasteiger partial charge is 0.496 e. The molecular weight excluding hydrogens is 326 g/mol. The van der Waals surface area contributed by atoms with Crippen LogP contribution in [0.3, 0.4) is 0 Å². The summed E-state index contributed by atoms with van der Waals surface area (Å²) >= 11 is 0. The van der Waals surface area contributed by atoms with Gasteiger partial charge in [0.05, 0.1) is 19.0 Å². The fourth-order valence-corrected chi connectivity index (χ4v) is 2.63. The lowest BCUT2D eigenvalue weighted by Gasteiger charge is -2.19. The van der Waals surface area contributed by atoms with E-state index in [9.17, 15) is 4.79 Å². The standard InChI is InChI=1S/C21H21N3O2/c1-24(17-9-4-3-5-10-17)18-12-13-19(22-15-18)21(25)23-14-16-8-6-7-11-20(16)26-2/h3-13,15H,14H2,1-2H3,(H,23,25). The summed E-state index contributed by atoms with van der Waals surface area (Å²) < 4.78 is 5.30. The number of hydrogen-bond acceptors (Lipinski definition) is 4. The Balaban J connectivity index is 1.65. The molecule has 132 valence electrons. The van der Waals surface area contributed by atoms with Crippen molar-refractivity contribution in [2.75, 3.05) is 19.1 Å². The maximum atomic E-state index is 12.3. The summed E-state index contributed by atoms with van der Waals surface area (Å²) in [6.45, 7) is 0.385. The van der Waals surface area contributed by atoms with E-state index in [-0.39, 0.29) is 5.91 Å². The number of benzene rings is 2. The van der Waals surface area contributed by atoms with Gasteiger partial charge in [0.15, 0.2) is 0 Å². The molecule has 5 nitrogen and oxygen atoms in total. The number of methoxy groups -OCH3 is 1. The van der Waals surface area contributed by atoms with Crippen molar-refractivity contribution in [3.63, 3.8) is 0 Å². The Morgan fingerprint density at radius 3 is 2.42 bits per heavy atom. The lowest BCUT2D eigenvalue weighted by molar-refractivity contribution is 0.0945. The van der Waals surface area contributed by atoms with Crippen LogP contribution in [0.1, 0.15) is 16.1 Å². The third kappa shape index (κ3) is 4.00. The Morgan fingerprint density at radius 2 is 1.73 bits per heavy atom. The van der Waals surface area contributed by atoms with Crippen molar-refractivity contribution in [2.45, 2.75) is 6.54 Å². The molecule has 3 rings (SSSR count). The van der Waals surface area contributed by atoms with E-state index in [0.717, 1.165) is 22.7 Å². The highest BCUT2D eigenvalue weighted by Gasteiger charge is 2.10. The number of nitrogens with zero attached hydrogens (tertiary/aromatic N) is 2. The van der Waals surface area contributed by atoms with Gasteiger partial charge >= 0.3 is 0 Å². The lowest BCUT2D eigenvalue weighted by Crippen LogP contribution is -2.24. The molecule has 0 bridgehead atoms. The minimum atomic E-state index is -0.218. The van der Waals surface area contributed by atoms with Crippen LogP contribution in [-0.2, 0) is 6.54 Å². The fourth-order valence-electron chi connectivity index (χ4n) is 2.63. The van der Waals surface area contributed by atoms with Crippen LogP contribution in [0.5, 0.6) is 5.75 Å². The molecule has 0 aliphatic heterocycles. The molecule has 0 saturated heterocycles. The average Bonchev–Trinajstić information content (AvgIpc) is 2.72. The highest BCUT2D eigenvalue weighted by Crippen LogP contribution is 2.22. The minimum Gasteiger partial charge on any atom is -0.496 e. The zero-order valence-electron chi connectivity index (χ0n) is 14.8. The number of carbonyl (C=O) groups excluding carboxylic acids is 1. The summed E-state index contributed by atoms with van der Waals surface area (Å²) in [5.41, 5.74) is 3.27. The summed E-state index contributed by atoms with van der Waals surface area (Å²) in [5.74, 6) is 0.533. The topological polar surface area (TPSA) is 54.5 Å². The second kappa shape index (κ2) is 8.16.